The molecule has 3 heterocycles. The highest BCUT2D eigenvalue weighted by Crippen LogP contribution is 2.20. The Labute approximate surface area is 207 Å². The van der Waals surface area contributed by atoms with Crippen LogP contribution < -0.4 is 21.2 Å². The average Bonchev–Trinajstić information content (AvgIpc) is 2.91. The molecule has 4 aromatic rings. The Bertz CT molecular complexity index is 1450. The monoisotopic (exact) mass is 486 g/mol. The van der Waals surface area contributed by atoms with Crippen molar-refractivity contribution >= 4 is 5.91 Å². The third kappa shape index (κ3) is 5.72. The Morgan fingerprint density at radius 2 is 1.67 bits per heavy atom. The van der Waals surface area contributed by atoms with Gasteiger partial charge in [-0.05, 0) is 62.4 Å². The molecule has 1 aromatic carbocycles. The molecule has 0 saturated carbocycles. The predicted octanol–water partition coefficient (Wildman–Crippen LogP) is 2.31. The fourth-order valence-electron chi connectivity index (χ4n) is 3.57. The van der Waals surface area contributed by atoms with Crippen LogP contribution in [-0.2, 0) is 11.3 Å². The number of carbonyl (C=O) groups excluding carboxylic acids is 1. The first-order valence-electron chi connectivity index (χ1n) is 11.6. The highest BCUT2D eigenvalue weighted by molar-refractivity contribution is 5.79. The quantitative estimate of drug-likeness (QED) is 0.385. The molecule has 1 N–H and O–H groups in total. The summed E-state index contributed by atoms with van der Waals surface area (Å²) in [6, 6.07) is 16.2. The van der Waals surface area contributed by atoms with Gasteiger partial charge in [0.15, 0.2) is 0 Å². The van der Waals surface area contributed by atoms with Crippen LogP contribution in [0.4, 0.5) is 0 Å². The maximum Gasteiger partial charge on any atom is 0.267 e. The molecule has 10 heteroatoms. The smallest absolute Gasteiger partial charge is 0.267 e. The number of pyridine rings is 1. The lowest BCUT2D eigenvalue weighted by Gasteiger charge is -2.15. The Balaban J connectivity index is 1.42. The van der Waals surface area contributed by atoms with Gasteiger partial charge in [-0.1, -0.05) is 0 Å². The Morgan fingerprint density at radius 1 is 0.944 bits per heavy atom. The van der Waals surface area contributed by atoms with Gasteiger partial charge in [-0.3, -0.25) is 19.4 Å². The molecule has 0 fully saturated rings. The van der Waals surface area contributed by atoms with Gasteiger partial charge in [0.05, 0.1) is 24.5 Å². The van der Waals surface area contributed by atoms with E-state index >= 15 is 0 Å². The summed E-state index contributed by atoms with van der Waals surface area (Å²) < 4.78 is 7.89. The number of benzene rings is 1. The topological polar surface area (TPSA) is 121 Å². The summed E-state index contributed by atoms with van der Waals surface area (Å²) >= 11 is 0. The Hall–Kier alpha value is -4.60. The van der Waals surface area contributed by atoms with E-state index in [1.807, 2.05) is 37.3 Å². The van der Waals surface area contributed by atoms with Gasteiger partial charge in [-0.25, -0.2) is 9.36 Å². The van der Waals surface area contributed by atoms with Gasteiger partial charge in [-0.15, -0.1) is 0 Å². The first kappa shape index (κ1) is 24.5. The van der Waals surface area contributed by atoms with Crippen molar-refractivity contribution in [1.82, 2.24) is 29.9 Å². The standard InChI is InChI=1S/C26H26N6O4/c1-3-36-21-8-6-19(7-9-21)22-10-12-24(33)31(29-22)16-15-28-26(35)18(2)32-25(34)13-11-23(30-32)20-5-4-14-27-17-20/h4-14,17-18H,3,15-16H2,1-2H3,(H,28,35). The molecule has 36 heavy (non-hydrogen) atoms. The van der Waals surface area contributed by atoms with Crippen LogP contribution in [0.2, 0.25) is 0 Å². The van der Waals surface area contributed by atoms with E-state index in [4.69, 9.17) is 4.74 Å². The van der Waals surface area contributed by atoms with Crippen LogP contribution in [0.25, 0.3) is 22.5 Å². The van der Waals surface area contributed by atoms with E-state index in [1.54, 1.807) is 37.5 Å². The van der Waals surface area contributed by atoms with Gasteiger partial charge in [0.2, 0.25) is 5.91 Å². The zero-order chi connectivity index (χ0) is 25.5. The molecule has 1 atom stereocenters. The lowest BCUT2D eigenvalue weighted by Crippen LogP contribution is -2.39. The van der Waals surface area contributed by atoms with Crippen molar-refractivity contribution in [2.75, 3.05) is 13.2 Å². The van der Waals surface area contributed by atoms with E-state index < -0.39 is 17.5 Å². The van der Waals surface area contributed by atoms with Crippen molar-refractivity contribution in [3.05, 3.63) is 93.8 Å². The number of ether oxygens (including phenoxy) is 1. The number of nitrogens with zero attached hydrogens (tertiary/aromatic N) is 5. The highest BCUT2D eigenvalue weighted by Gasteiger charge is 2.18. The molecule has 0 radical (unpaired) electrons. The zero-order valence-corrected chi connectivity index (χ0v) is 20.0. The van der Waals surface area contributed by atoms with Gasteiger partial charge >= 0.3 is 0 Å². The Morgan fingerprint density at radius 3 is 2.36 bits per heavy atom. The zero-order valence-electron chi connectivity index (χ0n) is 20.0. The van der Waals surface area contributed by atoms with Gasteiger partial charge in [0.25, 0.3) is 11.1 Å². The number of nitrogens with one attached hydrogen (secondary N) is 1. The first-order valence-corrected chi connectivity index (χ1v) is 11.6. The summed E-state index contributed by atoms with van der Waals surface area (Å²) in [5, 5.41) is 11.5. The van der Waals surface area contributed by atoms with Gasteiger partial charge in [0.1, 0.15) is 11.8 Å². The maximum absolute atomic E-state index is 12.7. The number of amides is 1. The van der Waals surface area contributed by atoms with E-state index in [2.05, 4.69) is 20.5 Å². The second-order valence-corrected chi connectivity index (χ2v) is 7.95. The summed E-state index contributed by atoms with van der Waals surface area (Å²) in [6.07, 6.45) is 3.28. The van der Waals surface area contributed by atoms with Crippen LogP contribution in [0.5, 0.6) is 5.75 Å². The molecule has 0 aliphatic carbocycles. The molecular formula is C26H26N6O4. The van der Waals surface area contributed by atoms with Crippen LogP contribution >= 0.6 is 0 Å². The largest absolute Gasteiger partial charge is 0.494 e. The number of rotatable bonds is 9. The molecule has 4 rings (SSSR count). The highest BCUT2D eigenvalue weighted by atomic mass is 16.5. The second kappa shape index (κ2) is 11.2. The molecular weight excluding hydrogens is 460 g/mol. The average molecular weight is 487 g/mol. The van der Waals surface area contributed by atoms with Crippen LogP contribution in [0, 0.1) is 0 Å². The van der Waals surface area contributed by atoms with Crippen LogP contribution in [0.1, 0.15) is 19.9 Å². The molecule has 0 aliphatic rings. The van der Waals surface area contributed by atoms with E-state index in [9.17, 15) is 14.4 Å². The molecule has 0 saturated heterocycles. The third-order valence-electron chi connectivity index (χ3n) is 5.48. The SMILES string of the molecule is CCOc1ccc(-c2ccc(=O)n(CCNC(=O)C(C)n3nc(-c4cccnc4)ccc3=O)n2)cc1. The summed E-state index contributed by atoms with van der Waals surface area (Å²) in [4.78, 5) is 41.5. The first-order chi connectivity index (χ1) is 17.5. The second-order valence-electron chi connectivity index (χ2n) is 7.95. The van der Waals surface area contributed by atoms with E-state index in [1.165, 1.54) is 16.8 Å². The van der Waals surface area contributed by atoms with Gasteiger partial charge < -0.3 is 10.1 Å². The molecule has 3 aromatic heterocycles. The lowest BCUT2D eigenvalue weighted by atomic mass is 10.1. The molecule has 184 valence electrons. The molecule has 10 nitrogen and oxygen atoms in total. The molecule has 1 unspecified atom stereocenters. The minimum absolute atomic E-state index is 0.153. The van der Waals surface area contributed by atoms with Gasteiger partial charge in [0, 0.05) is 42.2 Å². The minimum atomic E-state index is -0.853. The lowest BCUT2D eigenvalue weighted by molar-refractivity contribution is -0.124. The minimum Gasteiger partial charge on any atom is -0.494 e. The number of aromatic nitrogens is 5. The summed E-state index contributed by atoms with van der Waals surface area (Å²) in [5.41, 5.74) is 2.05. The fourth-order valence-corrected chi connectivity index (χ4v) is 3.57. The van der Waals surface area contributed by atoms with Crippen LogP contribution in [-0.4, -0.2) is 43.6 Å². The van der Waals surface area contributed by atoms with Crippen molar-refractivity contribution < 1.29 is 9.53 Å². The van der Waals surface area contributed by atoms with E-state index in [0.717, 1.165) is 21.6 Å². The molecule has 0 aliphatic heterocycles. The predicted molar refractivity (Wildman–Crippen MR) is 135 cm³/mol. The molecule has 0 spiro atoms. The maximum atomic E-state index is 12.7. The fraction of sp³-hybridized carbons (Fsp3) is 0.231. The number of carbonyl (C=O) groups is 1. The molecule has 1 amide bonds. The van der Waals surface area contributed by atoms with Crippen LogP contribution in [0.15, 0.2) is 82.6 Å². The number of hydrogen-bond acceptors (Lipinski definition) is 7. The van der Waals surface area contributed by atoms with E-state index in [0.29, 0.717) is 18.0 Å². The van der Waals surface area contributed by atoms with Crippen molar-refractivity contribution in [2.45, 2.75) is 26.4 Å². The third-order valence-corrected chi connectivity index (χ3v) is 5.48. The van der Waals surface area contributed by atoms with E-state index in [-0.39, 0.29) is 18.6 Å². The van der Waals surface area contributed by atoms with Crippen molar-refractivity contribution in [3.63, 3.8) is 0 Å². The Kier molecular flexibility index (Phi) is 7.64. The van der Waals surface area contributed by atoms with Crippen LogP contribution in [0.3, 0.4) is 0 Å². The van der Waals surface area contributed by atoms with Crippen molar-refractivity contribution in [1.29, 1.82) is 0 Å². The molecule has 0 bridgehead atoms. The normalized spacial score (nSPS) is 11.6. The summed E-state index contributed by atoms with van der Waals surface area (Å²) in [7, 11) is 0. The van der Waals surface area contributed by atoms with Gasteiger partial charge in [-0.2, -0.15) is 10.2 Å². The van der Waals surface area contributed by atoms with Crippen molar-refractivity contribution in [2.24, 2.45) is 0 Å². The summed E-state index contributed by atoms with van der Waals surface area (Å²) in [6.45, 7) is 4.40. The number of hydrogen-bond donors (Lipinski definition) is 1. The van der Waals surface area contributed by atoms with Crippen molar-refractivity contribution in [3.8, 4) is 28.3 Å². The summed E-state index contributed by atoms with van der Waals surface area (Å²) in [5.74, 6) is 0.356.